The molecule has 0 N–H and O–H groups in total. The Hall–Kier alpha value is -2.10. The van der Waals surface area contributed by atoms with E-state index in [0.29, 0.717) is 24.6 Å². The highest BCUT2D eigenvalue weighted by molar-refractivity contribution is 5.91. The molecule has 0 unspecified atom stereocenters. The van der Waals surface area contributed by atoms with Gasteiger partial charge in [0.05, 0.1) is 5.56 Å². The lowest BCUT2D eigenvalue weighted by atomic mass is 10.0. The minimum atomic E-state index is -0.477. The van der Waals surface area contributed by atoms with E-state index < -0.39 is 5.97 Å². The third-order valence-corrected chi connectivity index (χ3v) is 3.33. The number of amides is 1. The number of nitrogens with zero attached hydrogens (tertiary/aromatic N) is 1. The number of likely N-dealkylation sites (N-methyl/N-ethyl adjacent to an activating group) is 1. The van der Waals surface area contributed by atoms with E-state index in [9.17, 15) is 9.59 Å². The zero-order valence-electron chi connectivity index (χ0n) is 13.9. The molecule has 22 heavy (non-hydrogen) atoms. The van der Waals surface area contributed by atoms with Crippen molar-refractivity contribution in [2.24, 2.45) is 0 Å². The van der Waals surface area contributed by atoms with Crippen molar-refractivity contribution < 1.29 is 14.3 Å². The van der Waals surface area contributed by atoms with E-state index in [1.165, 1.54) is 0 Å². The zero-order valence-corrected chi connectivity index (χ0v) is 13.9. The van der Waals surface area contributed by atoms with Crippen LogP contribution in [0, 0.1) is 0 Å². The van der Waals surface area contributed by atoms with Crippen LogP contribution in [0.15, 0.2) is 36.4 Å². The smallest absolute Gasteiger partial charge is 0.338 e. The molecular weight excluding hydrogens is 278 g/mol. The Kier molecular flexibility index (Phi) is 6.83. The number of esters is 1. The van der Waals surface area contributed by atoms with Gasteiger partial charge in [-0.15, -0.1) is 0 Å². The normalized spacial score (nSPS) is 10.4. The van der Waals surface area contributed by atoms with Gasteiger partial charge in [0.25, 0.3) is 5.91 Å². The van der Waals surface area contributed by atoms with Gasteiger partial charge in [0.2, 0.25) is 0 Å². The van der Waals surface area contributed by atoms with Crippen LogP contribution in [-0.4, -0.2) is 36.5 Å². The highest BCUT2D eigenvalue weighted by Gasteiger charge is 2.15. The molecule has 0 saturated heterocycles. The van der Waals surface area contributed by atoms with Crippen molar-refractivity contribution in [2.75, 3.05) is 19.7 Å². The molecule has 4 heteroatoms. The van der Waals surface area contributed by atoms with Gasteiger partial charge in [-0.2, -0.15) is 0 Å². The third kappa shape index (κ3) is 5.35. The van der Waals surface area contributed by atoms with Gasteiger partial charge in [0.15, 0.2) is 6.61 Å². The van der Waals surface area contributed by atoms with Crippen LogP contribution < -0.4 is 0 Å². The molecule has 0 radical (unpaired) electrons. The lowest BCUT2D eigenvalue weighted by Crippen LogP contribution is -2.35. The van der Waals surface area contributed by atoms with E-state index in [1.807, 2.05) is 26.0 Å². The van der Waals surface area contributed by atoms with E-state index in [-0.39, 0.29) is 12.5 Å². The van der Waals surface area contributed by atoms with Crippen LogP contribution in [0.4, 0.5) is 0 Å². The Labute approximate surface area is 132 Å². The SMILES string of the molecule is C=C(C)CN(CC)C(=O)COC(=O)c1ccc(C(C)C)cc1. The number of ether oxygens (including phenoxy) is 1. The van der Waals surface area contributed by atoms with Crippen molar-refractivity contribution in [2.45, 2.75) is 33.6 Å². The van der Waals surface area contributed by atoms with Gasteiger partial charge in [-0.05, 0) is 37.5 Å². The van der Waals surface area contributed by atoms with Gasteiger partial charge >= 0.3 is 5.97 Å². The van der Waals surface area contributed by atoms with Crippen molar-refractivity contribution in [1.82, 2.24) is 4.90 Å². The molecule has 120 valence electrons. The van der Waals surface area contributed by atoms with Crippen molar-refractivity contribution >= 4 is 11.9 Å². The fourth-order valence-corrected chi connectivity index (χ4v) is 2.01. The number of hydrogen-bond donors (Lipinski definition) is 0. The average Bonchev–Trinajstić information content (AvgIpc) is 2.49. The number of hydrogen-bond acceptors (Lipinski definition) is 3. The first-order valence-corrected chi connectivity index (χ1v) is 7.54. The first kappa shape index (κ1) is 18.0. The summed E-state index contributed by atoms with van der Waals surface area (Å²) in [4.78, 5) is 25.6. The van der Waals surface area contributed by atoms with Crippen LogP contribution in [0.1, 0.15) is 49.5 Å². The molecule has 0 aliphatic rings. The molecule has 0 spiro atoms. The predicted octanol–water partition coefficient (Wildman–Crippen LogP) is 3.39. The fourth-order valence-electron chi connectivity index (χ4n) is 2.01. The Morgan fingerprint density at radius 1 is 1.23 bits per heavy atom. The second kappa shape index (κ2) is 8.37. The summed E-state index contributed by atoms with van der Waals surface area (Å²) < 4.78 is 5.09. The van der Waals surface area contributed by atoms with Crippen molar-refractivity contribution in [3.63, 3.8) is 0 Å². The van der Waals surface area contributed by atoms with Crippen LogP contribution in [-0.2, 0) is 9.53 Å². The minimum absolute atomic E-state index is 0.211. The maximum Gasteiger partial charge on any atom is 0.338 e. The predicted molar refractivity (Wildman–Crippen MR) is 87.9 cm³/mol. The van der Waals surface area contributed by atoms with Gasteiger partial charge in [0, 0.05) is 13.1 Å². The monoisotopic (exact) mass is 303 g/mol. The van der Waals surface area contributed by atoms with E-state index in [4.69, 9.17) is 4.74 Å². The first-order valence-electron chi connectivity index (χ1n) is 7.54. The lowest BCUT2D eigenvalue weighted by molar-refractivity contribution is -0.133. The van der Waals surface area contributed by atoms with Crippen LogP contribution >= 0.6 is 0 Å². The molecule has 0 fully saturated rings. The van der Waals surface area contributed by atoms with Crippen molar-refractivity contribution in [3.8, 4) is 0 Å². The average molecular weight is 303 g/mol. The maximum absolute atomic E-state index is 12.0. The van der Waals surface area contributed by atoms with E-state index in [2.05, 4.69) is 20.4 Å². The van der Waals surface area contributed by atoms with Gasteiger partial charge < -0.3 is 9.64 Å². The van der Waals surface area contributed by atoms with Crippen molar-refractivity contribution in [1.29, 1.82) is 0 Å². The van der Waals surface area contributed by atoms with Crippen LogP contribution in [0.5, 0.6) is 0 Å². The molecule has 0 aliphatic heterocycles. The third-order valence-electron chi connectivity index (χ3n) is 3.33. The van der Waals surface area contributed by atoms with Gasteiger partial charge in [-0.1, -0.05) is 38.1 Å². The number of carbonyl (C=O) groups is 2. The molecule has 0 atom stereocenters. The first-order chi connectivity index (χ1) is 10.3. The molecule has 0 aliphatic carbocycles. The summed E-state index contributed by atoms with van der Waals surface area (Å²) in [6.07, 6.45) is 0. The molecule has 4 nitrogen and oxygen atoms in total. The summed E-state index contributed by atoms with van der Waals surface area (Å²) in [5.41, 5.74) is 2.51. The molecule has 0 aromatic heterocycles. The molecule has 1 rings (SSSR count). The van der Waals surface area contributed by atoms with Crippen LogP contribution in [0.2, 0.25) is 0 Å². The summed E-state index contributed by atoms with van der Waals surface area (Å²) in [6.45, 7) is 12.5. The number of carbonyl (C=O) groups excluding carboxylic acids is 2. The topological polar surface area (TPSA) is 46.6 Å². The highest BCUT2D eigenvalue weighted by atomic mass is 16.5. The van der Waals surface area contributed by atoms with Crippen LogP contribution in [0.3, 0.4) is 0 Å². The van der Waals surface area contributed by atoms with Crippen LogP contribution in [0.25, 0.3) is 0 Å². The summed E-state index contributed by atoms with van der Waals surface area (Å²) in [5, 5.41) is 0. The second-order valence-corrected chi connectivity index (χ2v) is 5.72. The summed E-state index contributed by atoms with van der Waals surface area (Å²) in [7, 11) is 0. The molecule has 0 saturated carbocycles. The Morgan fingerprint density at radius 3 is 2.27 bits per heavy atom. The Morgan fingerprint density at radius 2 is 1.82 bits per heavy atom. The van der Waals surface area contributed by atoms with E-state index in [0.717, 1.165) is 11.1 Å². The Bertz CT molecular complexity index is 532. The molecule has 1 aromatic rings. The largest absolute Gasteiger partial charge is 0.452 e. The zero-order chi connectivity index (χ0) is 16.7. The lowest BCUT2D eigenvalue weighted by Gasteiger charge is -2.20. The molecule has 0 bridgehead atoms. The molecule has 0 heterocycles. The highest BCUT2D eigenvalue weighted by Crippen LogP contribution is 2.15. The molecule has 1 aromatic carbocycles. The Balaban J connectivity index is 2.58. The van der Waals surface area contributed by atoms with Gasteiger partial charge in [-0.3, -0.25) is 4.79 Å². The number of rotatable bonds is 7. The number of benzene rings is 1. The van der Waals surface area contributed by atoms with Gasteiger partial charge in [-0.25, -0.2) is 4.79 Å². The van der Waals surface area contributed by atoms with E-state index >= 15 is 0 Å². The fraction of sp³-hybridized carbons (Fsp3) is 0.444. The van der Waals surface area contributed by atoms with Crippen molar-refractivity contribution in [3.05, 3.63) is 47.5 Å². The summed E-state index contributed by atoms with van der Waals surface area (Å²) >= 11 is 0. The molecule has 1 amide bonds. The minimum Gasteiger partial charge on any atom is -0.452 e. The van der Waals surface area contributed by atoms with E-state index in [1.54, 1.807) is 17.0 Å². The van der Waals surface area contributed by atoms with Gasteiger partial charge in [0.1, 0.15) is 0 Å². The summed E-state index contributed by atoms with van der Waals surface area (Å²) in [6, 6.07) is 7.27. The summed E-state index contributed by atoms with van der Waals surface area (Å²) in [5.74, 6) is -0.278. The maximum atomic E-state index is 12.0. The molecular formula is C18H25NO3. The quantitative estimate of drug-likeness (QED) is 0.573. The standard InChI is InChI=1S/C18H25NO3/c1-6-19(11-13(2)3)17(20)12-22-18(21)16-9-7-15(8-10-16)14(4)5/h7-10,14H,2,6,11-12H2,1,3-5H3. The second-order valence-electron chi connectivity index (χ2n) is 5.72.